The van der Waals surface area contributed by atoms with Gasteiger partial charge in [-0.05, 0) is 19.9 Å². The lowest BCUT2D eigenvalue weighted by Crippen LogP contribution is -2.51. The van der Waals surface area contributed by atoms with Crippen LogP contribution in [0, 0.1) is 0 Å². The highest BCUT2D eigenvalue weighted by molar-refractivity contribution is 5.95. The minimum Gasteiger partial charge on any atom is -0.494 e. The minimum absolute atomic E-state index is 0.254. The third kappa shape index (κ3) is 5.65. The van der Waals surface area contributed by atoms with E-state index in [4.69, 9.17) is 9.47 Å². The van der Waals surface area contributed by atoms with Gasteiger partial charge in [-0.2, -0.15) is 0 Å². The molecule has 8 heteroatoms. The summed E-state index contributed by atoms with van der Waals surface area (Å²) in [7, 11) is 0. The van der Waals surface area contributed by atoms with Crippen molar-refractivity contribution in [3.63, 3.8) is 0 Å². The summed E-state index contributed by atoms with van der Waals surface area (Å²) in [4.78, 5) is 30.1. The molecule has 0 spiro atoms. The van der Waals surface area contributed by atoms with Crippen molar-refractivity contribution >= 4 is 12.0 Å². The van der Waals surface area contributed by atoms with Crippen LogP contribution >= 0.6 is 0 Å². The first kappa shape index (κ1) is 22.8. The van der Waals surface area contributed by atoms with Gasteiger partial charge < -0.3 is 20.1 Å². The van der Waals surface area contributed by atoms with Crippen LogP contribution in [0.2, 0.25) is 0 Å². The zero-order valence-corrected chi connectivity index (χ0v) is 18.4. The average Bonchev–Trinajstić information content (AvgIpc) is 2.76. The average molecular weight is 429 g/mol. The molecule has 0 saturated carbocycles. The van der Waals surface area contributed by atoms with Crippen molar-refractivity contribution in [2.75, 3.05) is 52.5 Å². The third-order valence-electron chi connectivity index (χ3n) is 5.41. The lowest BCUT2D eigenvalue weighted by molar-refractivity contribution is -0.139. The molecule has 2 amide bonds. The Kier molecular flexibility index (Phi) is 8.08. The molecule has 31 heavy (non-hydrogen) atoms. The Morgan fingerprint density at radius 1 is 1.16 bits per heavy atom. The number of hydrogen-bond donors (Lipinski definition) is 2. The molecule has 2 aliphatic rings. The summed E-state index contributed by atoms with van der Waals surface area (Å²) < 4.78 is 11.1. The largest absolute Gasteiger partial charge is 0.494 e. The number of rotatable bonds is 9. The molecule has 2 aliphatic heterocycles. The Balaban J connectivity index is 1.92. The van der Waals surface area contributed by atoms with Crippen LogP contribution < -0.4 is 15.4 Å². The van der Waals surface area contributed by atoms with Crippen LogP contribution in [0.25, 0.3) is 0 Å². The van der Waals surface area contributed by atoms with E-state index in [0.29, 0.717) is 30.2 Å². The van der Waals surface area contributed by atoms with Crippen LogP contribution in [0.5, 0.6) is 5.75 Å². The van der Waals surface area contributed by atoms with Crippen molar-refractivity contribution in [1.29, 1.82) is 0 Å². The van der Waals surface area contributed by atoms with E-state index in [0.717, 1.165) is 38.3 Å². The summed E-state index contributed by atoms with van der Waals surface area (Å²) in [6, 6.07) is 6.46. The molecule has 2 N–H and O–H groups in total. The number of nitrogens with one attached hydrogen (secondary N) is 2. The second-order valence-corrected chi connectivity index (χ2v) is 7.48. The minimum atomic E-state index is -0.646. The second-order valence-electron chi connectivity index (χ2n) is 7.48. The van der Waals surface area contributed by atoms with Gasteiger partial charge in [-0.3, -0.25) is 9.80 Å². The van der Waals surface area contributed by atoms with E-state index >= 15 is 0 Å². The molecule has 1 aromatic carbocycles. The highest BCUT2D eigenvalue weighted by Crippen LogP contribution is 2.34. The highest BCUT2D eigenvalue weighted by atomic mass is 16.5. The molecular formula is C23H32N4O4. The number of carbonyl (C=O) groups excluding carboxylic acids is 2. The summed E-state index contributed by atoms with van der Waals surface area (Å²) in [6.07, 6.45) is 1.91. The van der Waals surface area contributed by atoms with Gasteiger partial charge in [0.15, 0.2) is 0 Å². The van der Waals surface area contributed by atoms with Crippen molar-refractivity contribution in [2.24, 2.45) is 0 Å². The number of benzene rings is 1. The molecule has 168 valence electrons. The first-order valence-electron chi connectivity index (χ1n) is 10.8. The molecule has 2 heterocycles. The van der Waals surface area contributed by atoms with Crippen molar-refractivity contribution in [2.45, 2.75) is 19.9 Å². The van der Waals surface area contributed by atoms with Gasteiger partial charge in [0.1, 0.15) is 5.75 Å². The predicted octanol–water partition coefficient (Wildman–Crippen LogP) is 2.06. The first-order valence-corrected chi connectivity index (χ1v) is 10.8. The van der Waals surface area contributed by atoms with Crippen LogP contribution in [0.4, 0.5) is 4.79 Å². The lowest BCUT2D eigenvalue weighted by atomic mass is 9.94. The third-order valence-corrected chi connectivity index (χ3v) is 5.41. The van der Waals surface area contributed by atoms with Gasteiger partial charge in [0.25, 0.3) is 0 Å². The van der Waals surface area contributed by atoms with E-state index in [1.807, 2.05) is 37.3 Å². The fraction of sp³-hybridized carbons (Fsp3) is 0.478. The molecule has 0 radical (unpaired) electrons. The van der Waals surface area contributed by atoms with Gasteiger partial charge in [0, 0.05) is 50.5 Å². The number of carbonyl (C=O) groups is 2. The number of hydrogen-bond acceptors (Lipinski definition) is 6. The summed E-state index contributed by atoms with van der Waals surface area (Å²) >= 11 is 0. The smallest absolute Gasteiger partial charge is 0.338 e. The molecule has 8 nitrogen and oxygen atoms in total. The fourth-order valence-corrected chi connectivity index (χ4v) is 3.97. The molecule has 1 fully saturated rings. The Morgan fingerprint density at radius 3 is 2.55 bits per heavy atom. The molecule has 1 aromatic rings. The number of amides is 2. The Hall–Kier alpha value is -2.84. The number of ether oxygens (including phenoxy) is 2. The van der Waals surface area contributed by atoms with E-state index in [1.54, 1.807) is 6.92 Å². The number of nitrogens with zero attached hydrogens (tertiary/aromatic N) is 2. The maximum Gasteiger partial charge on any atom is 0.338 e. The predicted molar refractivity (Wildman–Crippen MR) is 119 cm³/mol. The molecule has 3 rings (SSSR count). The number of urea groups is 1. The van der Waals surface area contributed by atoms with Crippen molar-refractivity contribution in [3.8, 4) is 5.75 Å². The van der Waals surface area contributed by atoms with Gasteiger partial charge in [0.2, 0.25) is 0 Å². The van der Waals surface area contributed by atoms with Crippen LogP contribution in [-0.4, -0.2) is 74.3 Å². The molecule has 0 aliphatic carbocycles. The van der Waals surface area contributed by atoms with E-state index < -0.39 is 12.0 Å². The van der Waals surface area contributed by atoms with Crippen LogP contribution in [-0.2, 0) is 9.53 Å². The molecular weight excluding hydrogens is 396 g/mol. The van der Waals surface area contributed by atoms with Crippen molar-refractivity contribution < 1.29 is 19.1 Å². The second kappa shape index (κ2) is 11.0. The van der Waals surface area contributed by atoms with Gasteiger partial charge in [-0.15, -0.1) is 6.58 Å². The van der Waals surface area contributed by atoms with E-state index in [9.17, 15) is 9.59 Å². The quantitative estimate of drug-likeness (QED) is 0.463. The SMILES string of the molecule is C=CCN1CCN(CC2=C(C(=O)OCC)[C@@H](c3ccccc3OCC)NC(=O)N2)CC1. The topological polar surface area (TPSA) is 83.1 Å². The number of para-hydroxylation sites is 1. The standard InChI is InChI=1S/C23H32N4O4/c1-4-11-26-12-14-27(15-13-26)16-18-20(22(28)31-6-3)21(25-23(29)24-18)17-9-7-8-10-19(17)30-5-2/h4,7-10,21H,1,5-6,11-16H2,2-3H3,(H2,24,25,29)/t21-/m1/s1. The van der Waals surface area contributed by atoms with Crippen LogP contribution in [0.15, 0.2) is 48.2 Å². The van der Waals surface area contributed by atoms with Gasteiger partial charge >= 0.3 is 12.0 Å². The Bertz CT molecular complexity index is 831. The van der Waals surface area contributed by atoms with Crippen molar-refractivity contribution in [3.05, 3.63) is 53.8 Å². The fourth-order valence-electron chi connectivity index (χ4n) is 3.97. The zero-order chi connectivity index (χ0) is 22.2. The molecule has 0 bridgehead atoms. The summed E-state index contributed by atoms with van der Waals surface area (Å²) in [5.74, 6) is 0.197. The summed E-state index contributed by atoms with van der Waals surface area (Å²) in [6.45, 7) is 13.1. The van der Waals surface area contributed by atoms with Crippen LogP contribution in [0.1, 0.15) is 25.5 Å². The lowest BCUT2D eigenvalue weighted by Gasteiger charge is -2.36. The summed E-state index contributed by atoms with van der Waals surface area (Å²) in [5.41, 5.74) is 1.73. The Labute approximate surface area is 183 Å². The van der Waals surface area contributed by atoms with Crippen LogP contribution in [0.3, 0.4) is 0 Å². The first-order chi connectivity index (χ1) is 15.1. The van der Waals surface area contributed by atoms with Crippen molar-refractivity contribution in [1.82, 2.24) is 20.4 Å². The summed E-state index contributed by atoms with van der Waals surface area (Å²) in [5, 5.41) is 5.74. The maximum absolute atomic E-state index is 13.0. The highest BCUT2D eigenvalue weighted by Gasteiger charge is 2.36. The number of piperazine rings is 1. The monoisotopic (exact) mass is 428 g/mol. The van der Waals surface area contributed by atoms with Gasteiger partial charge in [0.05, 0.1) is 24.8 Å². The number of esters is 1. The zero-order valence-electron chi connectivity index (χ0n) is 18.4. The van der Waals surface area contributed by atoms with E-state index in [-0.39, 0.29) is 12.6 Å². The maximum atomic E-state index is 13.0. The Morgan fingerprint density at radius 2 is 1.87 bits per heavy atom. The molecule has 0 aromatic heterocycles. The molecule has 1 atom stereocenters. The van der Waals surface area contributed by atoms with E-state index in [1.165, 1.54) is 0 Å². The van der Waals surface area contributed by atoms with E-state index in [2.05, 4.69) is 27.0 Å². The molecule has 0 unspecified atom stereocenters. The van der Waals surface area contributed by atoms with Gasteiger partial charge in [-0.25, -0.2) is 9.59 Å². The van der Waals surface area contributed by atoms with Gasteiger partial charge in [-0.1, -0.05) is 24.3 Å². The molecule has 1 saturated heterocycles. The normalized spacial score (nSPS) is 20.1.